The van der Waals surface area contributed by atoms with Gasteiger partial charge in [0.2, 0.25) is 0 Å². The van der Waals surface area contributed by atoms with Gasteiger partial charge < -0.3 is 10.2 Å². The van der Waals surface area contributed by atoms with Crippen LogP contribution in [0.1, 0.15) is 24.5 Å². The summed E-state index contributed by atoms with van der Waals surface area (Å²) in [4.78, 5) is 0. The van der Waals surface area contributed by atoms with Crippen LogP contribution in [0.2, 0.25) is 0 Å². The zero-order valence-corrected chi connectivity index (χ0v) is 10.2. The summed E-state index contributed by atoms with van der Waals surface area (Å²) in [5.74, 6) is -0.0931. The molecule has 0 aliphatic carbocycles. The van der Waals surface area contributed by atoms with Gasteiger partial charge in [0.15, 0.2) is 9.84 Å². The maximum absolute atomic E-state index is 11.5. The SMILES string of the molecule is O=S1(=O)CCCC(C(O)c2ccccc2O)C1. The Morgan fingerprint density at radius 1 is 1.29 bits per heavy atom. The molecule has 2 N–H and O–H groups in total. The second-order valence-electron chi connectivity index (χ2n) is 4.52. The van der Waals surface area contributed by atoms with Crippen LogP contribution in [0.5, 0.6) is 5.75 Å². The molecule has 5 heteroatoms. The molecule has 2 rings (SSSR count). The Bertz CT molecular complexity index is 495. The second kappa shape index (κ2) is 4.66. The van der Waals surface area contributed by atoms with Crippen molar-refractivity contribution in [3.63, 3.8) is 0 Å². The average molecular weight is 256 g/mol. The van der Waals surface area contributed by atoms with E-state index >= 15 is 0 Å². The minimum Gasteiger partial charge on any atom is -0.508 e. The summed E-state index contributed by atoms with van der Waals surface area (Å²) in [7, 11) is -3.04. The molecule has 4 nitrogen and oxygen atoms in total. The maximum atomic E-state index is 11.5. The first-order chi connectivity index (χ1) is 7.99. The van der Waals surface area contributed by atoms with Crippen LogP contribution in [0, 0.1) is 5.92 Å². The molecule has 94 valence electrons. The van der Waals surface area contributed by atoms with E-state index in [9.17, 15) is 18.6 Å². The summed E-state index contributed by atoms with van der Waals surface area (Å²) in [6, 6.07) is 6.51. The molecule has 0 bridgehead atoms. The van der Waals surface area contributed by atoms with Gasteiger partial charge in [0, 0.05) is 11.5 Å². The van der Waals surface area contributed by atoms with Crippen LogP contribution in [0.3, 0.4) is 0 Å². The van der Waals surface area contributed by atoms with Gasteiger partial charge in [-0.15, -0.1) is 0 Å². The van der Waals surface area contributed by atoms with E-state index in [1.54, 1.807) is 18.2 Å². The highest BCUT2D eigenvalue weighted by Gasteiger charge is 2.31. The van der Waals surface area contributed by atoms with Crippen LogP contribution >= 0.6 is 0 Å². The van der Waals surface area contributed by atoms with Gasteiger partial charge in [-0.2, -0.15) is 0 Å². The van der Waals surface area contributed by atoms with Crippen molar-refractivity contribution < 1.29 is 18.6 Å². The van der Waals surface area contributed by atoms with Gasteiger partial charge in [0.1, 0.15) is 5.75 Å². The fraction of sp³-hybridized carbons (Fsp3) is 0.500. The van der Waals surface area contributed by atoms with Crippen molar-refractivity contribution in [3.8, 4) is 5.75 Å². The molecule has 1 aliphatic heterocycles. The van der Waals surface area contributed by atoms with Crippen LogP contribution in [0.4, 0.5) is 0 Å². The first kappa shape index (κ1) is 12.4. The van der Waals surface area contributed by atoms with Crippen LogP contribution in [-0.2, 0) is 9.84 Å². The molecule has 0 aromatic heterocycles. The number of rotatable bonds is 2. The molecule has 1 aliphatic rings. The molecule has 0 radical (unpaired) electrons. The summed E-state index contributed by atoms with van der Waals surface area (Å²) < 4.78 is 23.0. The van der Waals surface area contributed by atoms with Crippen molar-refractivity contribution in [2.75, 3.05) is 11.5 Å². The van der Waals surface area contributed by atoms with Gasteiger partial charge in [-0.25, -0.2) is 8.42 Å². The summed E-state index contributed by atoms with van der Waals surface area (Å²) in [5, 5.41) is 19.8. The molecule has 0 spiro atoms. The van der Waals surface area contributed by atoms with Crippen molar-refractivity contribution in [2.24, 2.45) is 5.92 Å². The van der Waals surface area contributed by atoms with Gasteiger partial charge in [0.25, 0.3) is 0 Å². The topological polar surface area (TPSA) is 74.6 Å². The quantitative estimate of drug-likeness (QED) is 0.835. The maximum Gasteiger partial charge on any atom is 0.150 e. The predicted octanol–water partition coefficient (Wildman–Crippen LogP) is 1.25. The zero-order valence-electron chi connectivity index (χ0n) is 9.41. The fourth-order valence-corrected chi connectivity index (χ4v) is 4.07. The third-order valence-corrected chi connectivity index (χ3v) is 5.05. The lowest BCUT2D eigenvalue weighted by Crippen LogP contribution is -2.29. The lowest BCUT2D eigenvalue weighted by Gasteiger charge is -2.27. The lowest BCUT2D eigenvalue weighted by atomic mass is 9.92. The van der Waals surface area contributed by atoms with Crippen molar-refractivity contribution in [1.82, 2.24) is 0 Å². The third kappa shape index (κ3) is 2.79. The Kier molecular flexibility index (Phi) is 3.40. The number of para-hydroxylation sites is 1. The number of hydrogen-bond acceptors (Lipinski definition) is 4. The monoisotopic (exact) mass is 256 g/mol. The summed E-state index contributed by atoms with van der Waals surface area (Å²) in [6.07, 6.45) is 0.345. The number of hydrogen-bond donors (Lipinski definition) is 2. The molecular formula is C12H16O4S. The number of aliphatic hydroxyl groups is 1. The Morgan fingerprint density at radius 3 is 2.65 bits per heavy atom. The van der Waals surface area contributed by atoms with Gasteiger partial charge in [-0.3, -0.25) is 0 Å². The molecule has 2 unspecified atom stereocenters. The molecule has 1 aromatic carbocycles. The number of aliphatic hydroxyl groups excluding tert-OH is 1. The first-order valence-electron chi connectivity index (χ1n) is 5.66. The molecule has 0 saturated carbocycles. The van der Waals surface area contributed by atoms with E-state index in [0.29, 0.717) is 18.4 Å². The van der Waals surface area contributed by atoms with E-state index in [0.717, 1.165) is 0 Å². The van der Waals surface area contributed by atoms with Gasteiger partial charge in [0.05, 0.1) is 17.6 Å². The second-order valence-corrected chi connectivity index (χ2v) is 6.75. The lowest BCUT2D eigenvalue weighted by molar-refractivity contribution is 0.109. The number of aromatic hydroxyl groups is 1. The highest BCUT2D eigenvalue weighted by Crippen LogP contribution is 2.34. The van der Waals surface area contributed by atoms with Gasteiger partial charge in [-0.1, -0.05) is 18.2 Å². The van der Waals surface area contributed by atoms with Gasteiger partial charge in [-0.05, 0) is 18.9 Å². The number of phenolic OH excluding ortho intramolecular Hbond substituents is 1. The van der Waals surface area contributed by atoms with Gasteiger partial charge >= 0.3 is 0 Å². The normalized spacial score (nSPS) is 25.4. The van der Waals surface area contributed by atoms with Crippen LogP contribution < -0.4 is 0 Å². The summed E-state index contributed by atoms with van der Waals surface area (Å²) in [5.41, 5.74) is 0.412. The summed E-state index contributed by atoms with van der Waals surface area (Å²) in [6.45, 7) is 0. The highest BCUT2D eigenvalue weighted by molar-refractivity contribution is 7.91. The van der Waals surface area contributed by atoms with Crippen molar-refractivity contribution in [2.45, 2.75) is 18.9 Å². The van der Waals surface area contributed by atoms with Crippen molar-refractivity contribution in [3.05, 3.63) is 29.8 Å². The predicted molar refractivity (Wildman–Crippen MR) is 64.4 cm³/mol. The van der Waals surface area contributed by atoms with E-state index in [1.165, 1.54) is 6.07 Å². The van der Waals surface area contributed by atoms with E-state index < -0.39 is 15.9 Å². The first-order valence-corrected chi connectivity index (χ1v) is 7.48. The largest absolute Gasteiger partial charge is 0.508 e. The Morgan fingerprint density at radius 2 is 2.00 bits per heavy atom. The average Bonchev–Trinajstić information content (AvgIpc) is 2.27. The molecule has 1 fully saturated rings. The Labute approximate surface area is 101 Å². The van der Waals surface area contributed by atoms with Crippen molar-refractivity contribution in [1.29, 1.82) is 0 Å². The number of sulfone groups is 1. The smallest absolute Gasteiger partial charge is 0.150 e. The third-order valence-electron chi connectivity index (χ3n) is 3.20. The molecule has 17 heavy (non-hydrogen) atoms. The van der Waals surface area contributed by atoms with E-state index in [4.69, 9.17) is 0 Å². The Hall–Kier alpha value is -1.07. The van der Waals surface area contributed by atoms with Crippen LogP contribution in [-0.4, -0.2) is 30.1 Å². The molecular weight excluding hydrogens is 240 g/mol. The van der Waals surface area contributed by atoms with E-state index in [1.807, 2.05) is 0 Å². The molecule has 0 amide bonds. The van der Waals surface area contributed by atoms with Crippen LogP contribution in [0.15, 0.2) is 24.3 Å². The molecule has 1 heterocycles. The molecule has 2 atom stereocenters. The molecule has 1 aromatic rings. The number of benzene rings is 1. The van der Waals surface area contributed by atoms with E-state index in [2.05, 4.69) is 0 Å². The number of phenols is 1. The Balaban J connectivity index is 2.21. The fourth-order valence-electron chi connectivity index (χ4n) is 2.30. The van der Waals surface area contributed by atoms with E-state index in [-0.39, 0.29) is 23.2 Å². The minimum atomic E-state index is -3.04. The summed E-state index contributed by atoms with van der Waals surface area (Å²) >= 11 is 0. The minimum absolute atomic E-state index is 0.00248. The molecule has 1 saturated heterocycles. The standard InChI is InChI=1S/C12H16O4S/c13-11-6-2-1-5-10(11)12(14)9-4-3-7-17(15,16)8-9/h1-2,5-6,9,12-14H,3-4,7-8H2. The highest BCUT2D eigenvalue weighted by atomic mass is 32.2. The zero-order chi connectivity index (χ0) is 12.5. The van der Waals surface area contributed by atoms with Crippen molar-refractivity contribution >= 4 is 9.84 Å². The van der Waals surface area contributed by atoms with Crippen LogP contribution in [0.25, 0.3) is 0 Å².